The van der Waals surface area contributed by atoms with Gasteiger partial charge in [0.15, 0.2) is 0 Å². The van der Waals surface area contributed by atoms with Crippen molar-refractivity contribution in [2.75, 3.05) is 0 Å². The summed E-state index contributed by atoms with van der Waals surface area (Å²) in [6, 6.07) is 25.6. The van der Waals surface area contributed by atoms with E-state index in [0.717, 1.165) is 44.6 Å². The second-order valence-corrected chi connectivity index (χ2v) is 21.8. The Kier molecular flexibility index (Phi) is 6.27. The van der Waals surface area contributed by atoms with Gasteiger partial charge < -0.3 is 0 Å². The van der Waals surface area contributed by atoms with Crippen molar-refractivity contribution in [3.05, 3.63) is 95.7 Å². The molecule has 35 heavy (non-hydrogen) atoms. The third-order valence-corrected chi connectivity index (χ3v) is 11.1. The topological polar surface area (TPSA) is 12.9 Å². The van der Waals surface area contributed by atoms with E-state index >= 15 is 0 Å². The van der Waals surface area contributed by atoms with Gasteiger partial charge in [-0.2, -0.15) is 0 Å². The molecule has 1 nitrogen and oxygen atoms in total. The summed E-state index contributed by atoms with van der Waals surface area (Å²) in [5.41, 5.74) is 8.56. The summed E-state index contributed by atoms with van der Waals surface area (Å²) in [5.74, 6) is 7.58. The van der Waals surface area contributed by atoms with E-state index in [1.54, 1.807) is 6.20 Å². The van der Waals surface area contributed by atoms with Crippen molar-refractivity contribution < 1.29 is 4.11 Å². The van der Waals surface area contributed by atoms with E-state index < -0.39 is 20.1 Å². The zero-order chi connectivity index (χ0) is 27.8. The molecule has 0 N–H and O–H groups in total. The average molecular weight is 525 g/mol. The first-order chi connectivity index (χ1) is 17.8. The molecule has 4 aromatic rings. The molecule has 0 amide bonds. The first-order valence-electron chi connectivity index (χ1n) is 14.1. The average Bonchev–Trinajstić information content (AvgIpc) is 2.87. The number of pyridine rings is 1. The van der Waals surface area contributed by atoms with Crippen LogP contribution in [0.2, 0.25) is 17.3 Å². The monoisotopic (exact) mass is 526 g/mol. The summed E-state index contributed by atoms with van der Waals surface area (Å²) in [7, 11) is 0. The van der Waals surface area contributed by atoms with Gasteiger partial charge in [-0.05, 0) is 0 Å². The first kappa shape index (κ1) is 21.6. The van der Waals surface area contributed by atoms with Crippen molar-refractivity contribution >= 4 is 17.7 Å². The Labute approximate surface area is 219 Å². The molecular formula is C33H39GeN. The van der Waals surface area contributed by atoms with Gasteiger partial charge >= 0.3 is 189 Å². The molecule has 1 heterocycles. The molecule has 180 valence electrons. The molecule has 2 heteroatoms. The van der Waals surface area contributed by atoms with Crippen molar-refractivity contribution in [3.8, 4) is 33.5 Å². The molecular weight excluding hydrogens is 483 g/mol. The zero-order valence-electron chi connectivity index (χ0n) is 25.1. The molecule has 0 spiro atoms. The van der Waals surface area contributed by atoms with E-state index in [1.165, 1.54) is 4.40 Å². The Morgan fingerprint density at radius 2 is 1.31 bits per heavy atom. The van der Waals surface area contributed by atoms with E-state index in [2.05, 4.69) is 111 Å². The maximum atomic E-state index is 8.37. The first-order valence-corrected chi connectivity index (χ1v) is 20.0. The summed E-state index contributed by atoms with van der Waals surface area (Å²) in [5, 5.41) is 0. The van der Waals surface area contributed by atoms with Crippen LogP contribution in [0.15, 0.2) is 79.0 Å². The van der Waals surface area contributed by atoms with Crippen LogP contribution < -0.4 is 4.40 Å². The van der Waals surface area contributed by atoms with Crippen molar-refractivity contribution in [3.63, 3.8) is 0 Å². The van der Waals surface area contributed by atoms with Gasteiger partial charge in [-0.25, -0.2) is 0 Å². The summed E-state index contributed by atoms with van der Waals surface area (Å²) >= 11 is -1.94. The zero-order valence-corrected chi connectivity index (χ0v) is 24.2. The van der Waals surface area contributed by atoms with E-state index in [9.17, 15) is 0 Å². The summed E-state index contributed by atoms with van der Waals surface area (Å²) in [6.45, 7) is 6.47. The predicted molar refractivity (Wildman–Crippen MR) is 156 cm³/mol. The Bertz CT molecular complexity index is 1380. The molecule has 4 rings (SSSR count). The van der Waals surface area contributed by atoms with Gasteiger partial charge in [0.1, 0.15) is 0 Å². The predicted octanol–water partition coefficient (Wildman–Crippen LogP) is 9.18. The second kappa shape index (κ2) is 10.1. The fraction of sp³-hybridized carbons (Fsp3) is 0.303. The van der Waals surface area contributed by atoms with Crippen LogP contribution in [0.1, 0.15) is 60.3 Å². The van der Waals surface area contributed by atoms with Gasteiger partial charge in [0, 0.05) is 0 Å². The molecule has 0 saturated heterocycles. The van der Waals surface area contributed by atoms with Crippen molar-refractivity contribution in [1.29, 1.82) is 0 Å². The minimum atomic E-state index is -2.27. The van der Waals surface area contributed by atoms with Crippen LogP contribution in [-0.4, -0.2) is 18.3 Å². The molecule has 3 aromatic carbocycles. The third kappa shape index (κ3) is 5.46. The van der Waals surface area contributed by atoms with Crippen LogP contribution in [0.5, 0.6) is 0 Å². The van der Waals surface area contributed by atoms with Gasteiger partial charge in [-0.1, -0.05) is 30.3 Å². The summed E-state index contributed by atoms with van der Waals surface area (Å²) in [4.78, 5) is 4.66. The van der Waals surface area contributed by atoms with Crippen molar-refractivity contribution in [2.45, 2.75) is 63.7 Å². The Balaban J connectivity index is 2.00. The molecule has 0 saturated carbocycles. The van der Waals surface area contributed by atoms with Crippen LogP contribution in [0.3, 0.4) is 0 Å². The normalized spacial score (nSPS) is 13.6. The van der Waals surface area contributed by atoms with Crippen molar-refractivity contribution in [2.24, 2.45) is 0 Å². The molecule has 0 aliphatic rings. The molecule has 0 unspecified atom stereocenters. The van der Waals surface area contributed by atoms with Gasteiger partial charge in [0.2, 0.25) is 0 Å². The van der Waals surface area contributed by atoms with Crippen LogP contribution in [0.25, 0.3) is 33.5 Å². The van der Waals surface area contributed by atoms with Crippen LogP contribution in [0, 0.1) is 6.85 Å². The number of hydrogen-bond donors (Lipinski definition) is 0. The van der Waals surface area contributed by atoms with Crippen LogP contribution in [-0.2, 0) is 0 Å². The SMILES string of the molecule is [2H]C([2H])([2H])c1cnc(-c2cc[c]([Ge]([CH3])([CH3])[CH3])cc2)cc1-c1c(C(C)C)cc(-c2ccccc2)cc1C(C)C. The number of hydrogen-bond acceptors (Lipinski definition) is 1. The van der Waals surface area contributed by atoms with Gasteiger partial charge in [-0.15, -0.1) is 0 Å². The number of benzene rings is 3. The molecule has 0 aliphatic heterocycles. The second-order valence-electron chi connectivity index (χ2n) is 11.1. The third-order valence-electron chi connectivity index (χ3n) is 6.77. The molecule has 0 fully saturated rings. The molecule has 0 bridgehead atoms. The molecule has 1 aromatic heterocycles. The summed E-state index contributed by atoms with van der Waals surface area (Å²) in [6.07, 6.45) is 1.58. The molecule has 0 atom stereocenters. The van der Waals surface area contributed by atoms with Crippen LogP contribution in [0.4, 0.5) is 0 Å². The van der Waals surface area contributed by atoms with E-state index in [4.69, 9.17) is 4.11 Å². The van der Waals surface area contributed by atoms with E-state index in [0.29, 0.717) is 5.56 Å². The van der Waals surface area contributed by atoms with Crippen molar-refractivity contribution in [1.82, 2.24) is 4.98 Å². The van der Waals surface area contributed by atoms with Gasteiger partial charge in [0.05, 0.1) is 0 Å². The fourth-order valence-corrected chi connectivity index (χ4v) is 7.12. The minimum absolute atomic E-state index is 0.213. The number of aromatic nitrogens is 1. The molecule has 0 aliphatic carbocycles. The standard InChI is InChI=1S/C33H39GeN/c1-22(2)29-18-27(25-12-10-9-11-13-25)19-30(23(3)4)33(29)31-20-32(35-21-24(31)5)26-14-16-28(17-15-26)34(6,7)8/h9-23H,1-8H3/i5D3. The number of nitrogens with zero attached hydrogens (tertiary/aromatic N) is 1. The quantitative estimate of drug-likeness (QED) is 0.229. The Hall–Kier alpha value is -2.65. The summed E-state index contributed by atoms with van der Waals surface area (Å²) < 4.78 is 26.5. The fourth-order valence-electron chi connectivity index (χ4n) is 4.67. The number of aryl methyl sites for hydroxylation is 1. The Morgan fingerprint density at radius 3 is 1.83 bits per heavy atom. The van der Waals surface area contributed by atoms with E-state index in [-0.39, 0.29) is 11.8 Å². The van der Waals surface area contributed by atoms with Gasteiger partial charge in [0.25, 0.3) is 0 Å². The van der Waals surface area contributed by atoms with Crippen LogP contribution >= 0.6 is 0 Å². The molecule has 0 radical (unpaired) electrons. The maximum absolute atomic E-state index is 8.37. The Morgan fingerprint density at radius 1 is 0.714 bits per heavy atom. The number of rotatable bonds is 6. The van der Waals surface area contributed by atoms with Gasteiger partial charge in [-0.3, -0.25) is 0 Å². The van der Waals surface area contributed by atoms with E-state index in [1.807, 2.05) is 12.1 Å².